The molecule has 6 rings (SSSR count). The standard InChI is InChI=1S/C30H31N3O5S2/c34-24(18-23-12-7-17-39-23)31-25-27(35)33-19-30(20-40-28(25)33,32-13-15-37-16-14-32)29(36)38-26(21-8-3-1-4-9-21)22-10-5-2-6-11-22/h1-12,17,25-26,28H,13-16,18-20H2,(H,31,34)/t25?,28-,30?/m1/s1. The molecule has 0 aliphatic carbocycles. The fourth-order valence-electron chi connectivity index (χ4n) is 5.59. The second-order valence-corrected chi connectivity index (χ2v) is 12.3. The van der Waals surface area contributed by atoms with Crippen LogP contribution >= 0.6 is 23.1 Å². The molecule has 3 aliphatic rings. The van der Waals surface area contributed by atoms with Gasteiger partial charge in [-0.1, -0.05) is 66.7 Å². The van der Waals surface area contributed by atoms with Crippen LogP contribution in [0.2, 0.25) is 0 Å². The monoisotopic (exact) mass is 577 g/mol. The predicted molar refractivity (Wildman–Crippen MR) is 154 cm³/mol. The highest BCUT2D eigenvalue weighted by atomic mass is 32.2. The molecule has 3 saturated heterocycles. The predicted octanol–water partition coefficient (Wildman–Crippen LogP) is 3.09. The lowest BCUT2D eigenvalue weighted by atomic mass is 9.93. The summed E-state index contributed by atoms with van der Waals surface area (Å²) in [4.78, 5) is 45.0. The molecule has 0 saturated carbocycles. The van der Waals surface area contributed by atoms with Crippen LogP contribution in [-0.2, 0) is 30.3 Å². The van der Waals surface area contributed by atoms with Crippen molar-refractivity contribution < 1.29 is 23.9 Å². The van der Waals surface area contributed by atoms with E-state index >= 15 is 0 Å². The van der Waals surface area contributed by atoms with E-state index in [1.807, 2.05) is 78.2 Å². The summed E-state index contributed by atoms with van der Waals surface area (Å²) < 4.78 is 12.0. The first-order valence-electron chi connectivity index (χ1n) is 13.4. The van der Waals surface area contributed by atoms with E-state index in [9.17, 15) is 14.4 Å². The Kier molecular flexibility index (Phi) is 7.93. The molecule has 1 N–H and O–H groups in total. The highest BCUT2D eigenvalue weighted by Gasteiger charge is 2.60. The van der Waals surface area contributed by atoms with Crippen molar-refractivity contribution in [3.63, 3.8) is 0 Å². The highest BCUT2D eigenvalue weighted by Crippen LogP contribution is 2.42. The van der Waals surface area contributed by atoms with Crippen LogP contribution < -0.4 is 5.32 Å². The van der Waals surface area contributed by atoms with Crippen molar-refractivity contribution in [2.45, 2.75) is 29.5 Å². The zero-order valence-corrected chi connectivity index (χ0v) is 23.6. The van der Waals surface area contributed by atoms with Crippen molar-refractivity contribution in [2.75, 3.05) is 38.6 Å². The molecule has 1 aromatic heterocycles. The van der Waals surface area contributed by atoms with Crippen LogP contribution in [0, 0.1) is 0 Å². The summed E-state index contributed by atoms with van der Waals surface area (Å²) in [5.41, 5.74) is 0.747. The van der Waals surface area contributed by atoms with Gasteiger partial charge < -0.3 is 19.7 Å². The number of thiophene rings is 1. The number of morpholine rings is 1. The van der Waals surface area contributed by atoms with E-state index in [1.165, 1.54) is 23.1 Å². The van der Waals surface area contributed by atoms with E-state index in [2.05, 4.69) is 10.2 Å². The average Bonchev–Trinajstić information content (AvgIpc) is 3.52. The average molecular weight is 578 g/mol. The van der Waals surface area contributed by atoms with Crippen LogP contribution in [0.1, 0.15) is 22.1 Å². The summed E-state index contributed by atoms with van der Waals surface area (Å²) in [5.74, 6) is -0.228. The smallest absolute Gasteiger partial charge is 0.330 e. The molecule has 208 valence electrons. The lowest BCUT2D eigenvalue weighted by molar-refractivity contribution is -0.171. The maximum absolute atomic E-state index is 14.3. The van der Waals surface area contributed by atoms with Gasteiger partial charge in [-0.2, -0.15) is 0 Å². The number of hydrogen-bond donors (Lipinski definition) is 1. The second-order valence-electron chi connectivity index (χ2n) is 10.2. The van der Waals surface area contributed by atoms with Crippen molar-refractivity contribution in [3.05, 3.63) is 94.2 Å². The number of nitrogens with zero attached hydrogens (tertiary/aromatic N) is 2. The number of carbonyl (C=O) groups is 3. The third-order valence-corrected chi connectivity index (χ3v) is 10.1. The van der Waals surface area contributed by atoms with E-state index in [0.717, 1.165) is 16.0 Å². The third-order valence-electron chi connectivity index (χ3n) is 7.72. The van der Waals surface area contributed by atoms with Crippen LogP contribution in [0.4, 0.5) is 0 Å². The van der Waals surface area contributed by atoms with Gasteiger partial charge in [0.05, 0.1) is 26.2 Å². The van der Waals surface area contributed by atoms with Gasteiger partial charge in [0.25, 0.3) is 0 Å². The number of nitrogens with one attached hydrogen (secondary N) is 1. The Morgan fingerprint density at radius 2 is 1.68 bits per heavy atom. The van der Waals surface area contributed by atoms with Gasteiger partial charge in [0.15, 0.2) is 6.10 Å². The van der Waals surface area contributed by atoms with E-state index in [1.54, 1.807) is 4.90 Å². The zero-order valence-electron chi connectivity index (χ0n) is 21.9. The number of amides is 2. The minimum atomic E-state index is -1.02. The molecule has 0 radical (unpaired) electrons. The highest BCUT2D eigenvalue weighted by molar-refractivity contribution is 8.00. The molecule has 10 heteroatoms. The summed E-state index contributed by atoms with van der Waals surface area (Å²) in [7, 11) is 0. The summed E-state index contributed by atoms with van der Waals surface area (Å²) in [6.45, 7) is 2.39. The number of benzene rings is 2. The molecule has 40 heavy (non-hydrogen) atoms. The summed E-state index contributed by atoms with van der Waals surface area (Å²) in [6, 6.07) is 22.7. The first-order chi connectivity index (χ1) is 19.5. The number of esters is 1. The number of β-lactam (4-membered cyclic amide) rings is 1. The lowest BCUT2D eigenvalue weighted by Gasteiger charge is -2.57. The summed E-state index contributed by atoms with van der Waals surface area (Å²) >= 11 is 3.05. The molecule has 0 spiro atoms. The van der Waals surface area contributed by atoms with Gasteiger partial charge in [0, 0.05) is 23.7 Å². The number of rotatable bonds is 8. The molecule has 2 aromatic carbocycles. The Hall–Kier alpha value is -3.18. The Morgan fingerprint density at radius 1 is 1.00 bits per heavy atom. The first-order valence-corrected chi connectivity index (χ1v) is 15.4. The van der Waals surface area contributed by atoms with Gasteiger partial charge >= 0.3 is 5.97 Å². The van der Waals surface area contributed by atoms with Gasteiger partial charge in [0.1, 0.15) is 17.0 Å². The van der Waals surface area contributed by atoms with Crippen molar-refractivity contribution in [1.82, 2.24) is 15.1 Å². The van der Waals surface area contributed by atoms with Gasteiger partial charge in [-0.05, 0) is 22.6 Å². The van der Waals surface area contributed by atoms with Gasteiger partial charge in [-0.25, -0.2) is 4.79 Å². The van der Waals surface area contributed by atoms with E-state index in [-0.39, 0.29) is 36.1 Å². The van der Waals surface area contributed by atoms with E-state index in [0.29, 0.717) is 32.1 Å². The Morgan fingerprint density at radius 3 is 2.30 bits per heavy atom. The number of ether oxygens (including phenoxy) is 2. The maximum Gasteiger partial charge on any atom is 0.330 e. The SMILES string of the molecule is O=C(Cc1cccs1)NC1C(=O)N2CC(C(=O)OC(c3ccccc3)c3ccccc3)(N3CCOCC3)CS[C@H]12. The summed E-state index contributed by atoms with van der Waals surface area (Å²) in [6.07, 6.45) is -0.324. The molecule has 3 atom stereocenters. The number of thioether (sulfide) groups is 1. The number of fused-ring (bicyclic) bond motifs is 1. The molecule has 4 heterocycles. The van der Waals surface area contributed by atoms with E-state index < -0.39 is 17.7 Å². The second kappa shape index (κ2) is 11.7. The van der Waals surface area contributed by atoms with Crippen LogP contribution in [0.25, 0.3) is 0 Å². The largest absolute Gasteiger partial charge is 0.451 e. The molecule has 3 aliphatic heterocycles. The van der Waals surface area contributed by atoms with Gasteiger partial charge in [0.2, 0.25) is 11.8 Å². The van der Waals surface area contributed by atoms with Crippen LogP contribution in [0.5, 0.6) is 0 Å². The minimum absolute atomic E-state index is 0.162. The zero-order chi connectivity index (χ0) is 27.5. The molecule has 3 fully saturated rings. The lowest BCUT2D eigenvalue weighted by Crippen LogP contribution is -2.78. The molecular formula is C30H31N3O5S2. The molecule has 0 bridgehead atoms. The fraction of sp³-hybridized carbons (Fsp3) is 0.367. The van der Waals surface area contributed by atoms with Crippen molar-refractivity contribution in [3.8, 4) is 0 Å². The number of carbonyl (C=O) groups excluding carboxylic acids is 3. The normalized spacial score (nSPS) is 24.7. The minimum Gasteiger partial charge on any atom is -0.451 e. The molecule has 2 unspecified atom stereocenters. The Labute approximate surface area is 241 Å². The third kappa shape index (κ3) is 5.28. The Bertz CT molecular complexity index is 1290. The Balaban J connectivity index is 1.22. The topological polar surface area (TPSA) is 88.2 Å². The first kappa shape index (κ1) is 27.0. The maximum atomic E-state index is 14.3. The van der Waals surface area contributed by atoms with Gasteiger partial charge in [-0.3, -0.25) is 14.5 Å². The van der Waals surface area contributed by atoms with Crippen LogP contribution in [-0.4, -0.2) is 83.1 Å². The van der Waals surface area contributed by atoms with Crippen molar-refractivity contribution in [2.24, 2.45) is 0 Å². The van der Waals surface area contributed by atoms with Crippen LogP contribution in [0.3, 0.4) is 0 Å². The molecule has 8 nitrogen and oxygen atoms in total. The fourth-order valence-corrected chi connectivity index (χ4v) is 7.87. The molecular weight excluding hydrogens is 546 g/mol. The quantitative estimate of drug-likeness (QED) is 0.325. The summed E-state index contributed by atoms with van der Waals surface area (Å²) in [5, 5.41) is 4.64. The number of hydrogen-bond acceptors (Lipinski definition) is 8. The van der Waals surface area contributed by atoms with Crippen LogP contribution in [0.15, 0.2) is 78.2 Å². The van der Waals surface area contributed by atoms with Gasteiger partial charge in [-0.15, -0.1) is 23.1 Å². The van der Waals surface area contributed by atoms with Crippen molar-refractivity contribution >= 4 is 40.9 Å². The molecule has 2 amide bonds. The van der Waals surface area contributed by atoms with E-state index in [4.69, 9.17) is 9.47 Å². The molecule has 3 aromatic rings. The van der Waals surface area contributed by atoms with Crippen molar-refractivity contribution in [1.29, 1.82) is 0 Å².